The van der Waals surface area contributed by atoms with Gasteiger partial charge in [-0.3, -0.25) is 0 Å². The van der Waals surface area contributed by atoms with E-state index >= 15 is 0 Å². The highest BCUT2D eigenvalue weighted by molar-refractivity contribution is 7.97. The van der Waals surface area contributed by atoms with Gasteiger partial charge in [0.05, 0.1) is 30.6 Å². The number of nitrogens with zero attached hydrogens (tertiary/aromatic N) is 1. The van der Waals surface area contributed by atoms with Crippen molar-refractivity contribution in [2.24, 2.45) is 0 Å². The number of hydrogen-bond donors (Lipinski definition) is 0. The summed E-state index contributed by atoms with van der Waals surface area (Å²) >= 11 is 0. The molecule has 0 saturated heterocycles. The molecule has 0 amide bonds. The molecule has 0 radical (unpaired) electrons. The zero-order valence-electron chi connectivity index (χ0n) is 16.1. The van der Waals surface area contributed by atoms with Crippen LogP contribution in [0, 0.1) is 0 Å². The van der Waals surface area contributed by atoms with Crippen LogP contribution < -0.4 is 0 Å². The summed E-state index contributed by atoms with van der Waals surface area (Å²) in [5.41, 5.74) is 2.43. The average Bonchev–Trinajstić information content (AvgIpc) is 3.12. The second-order valence-electron chi connectivity index (χ2n) is 7.45. The number of para-hydroxylation sites is 2. The first-order valence-electron chi connectivity index (χ1n) is 9.62. The summed E-state index contributed by atoms with van der Waals surface area (Å²) in [5, 5.41) is 2.08. The molecule has 1 aromatic heterocycles. The predicted molar refractivity (Wildman–Crippen MR) is 118 cm³/mol. The molecule has 0 atom stereocenters. The zero-order chi connectivity index (χ0) is 21.4. The van der Waals surface area contributed by atoms with Gasteiger partial charge in [0.2, 0.25) is 19.7 Å². The van der Waals surface area contributed by atoms with E-state index in [2.05, 4.69) is 0 Å². The van der Waals surface area contributed by atoms with Crippen molar-refractivity contribution in [3.8, 4) is 5.69 Å². The molecule has 6 rings (SSSR count). The van der Waals surface area contributed by atoms with Crippen LogP contribution in [0.4, 0.5) is 0 Å². The van der Waals surface area contributed by atoms with E-state index in [-0.39, 0.29) is 19.6 Å². The van der Waals surface area contributed by atoms with Gasteiger partial charge >= 0.3 is 0 Å². The minimum Gasteiger partial charge on any atom is -0.309 e. The molecule has 0 bridgehead atoms. The van der Waals surface area contributed by atoms with Crippen molar-refractivity contribution in [1.29, 1.82) is 0 Å². The van der Waals surface area contributed by atoms with Crippen LogP contribution in [-0.4, -0.2) is 21.4 Å². The van der Waals surface area contributed by atoms with Crippen LogP contribution in [-0.2, 0) is 19.7 Å². The Hall–Kier alpha value is -3.42. The largest absolute Gasteiger partial charge is 0.309 e. The van der Waals surface area contributed by atoms with Crippen LogP contribution in [0.1, 0.15) is 0 Å². The summed E-state index contributed by atoms with van der Waals surface area (Å²) < 4.78 is 55.0. The van der Waals surface area contributed by atoms with Crippen molar-refractivity contribution in [1.82, 2.24) is 4.57 Å². The highest BCUT2D eigenvalue weighted by Crippen LogP contribution is 2.41. The van der Waals surface area contributed by atoms with Crippen LogP contribution in [0.5, 0.6) is 0 Å². The minimum atomic E-state index is -3.99. The van der Waals surface area contributed by atoms with Gasteiger partial charge in [-0.1, -0.05) is 48.5 Å². The topological polar surface area (TPSA) is 73.2 Å². The highest BCUT2D eigenvalue weighted by atomic mass is 32.2. The van der Waals surface area contributed by atoms with Crippen molar-refractivity contribution in [2.75, 3.05) is 0 Å². The van der Waals surface area contributed by atoms with Gasteiger partial charge in [-0.25, -0.2) is 16.8 Å². The van der Waals surface area contributed by atoms with E-state index in [0.29, 0.717) is 5.69 Å². The molecule has 4 aromatic carbocycles. The van der Waals surface area contributed by atoms with Crippen LogP contribution in [0.15, 0.2) is 111 Å². The smallest absolute Gasteiger partial charge is 0.209 e. The Morgan fingerprint density at radius 2 is 0.935 bits per heavy atom. The van der Waals surface area contributed by atoms with E-state index in [4.69, 9.17) is 0 Å². The molecule has 0 aliphatic carbocycles. The minimum absolute atomic E-state index is 0.174. The van der Waals surface area contributed by atoms with Crippen LogP contribution in [0.25, 0.3) is 27.5 Å². The molecule has 7 heteroatoms. The molecule has 0 fully saturated rings. The van der Waals surface area contributed by atoms with Gasteiger partial charge in [0.1, 0.15) is 0 Å². The SMILES string of the molecule is O=S1(=O)c2ccccc2S(=O)(=O)c2cc(-n3c4ccccc4c4ccccc43)ccc21. The van der Waals surface area contributed by atoms with E-state index in [0.717, 1.165) is 21.8 Å². The molecule has 0 N–H and O–H groups in total. The van der Waals surface area contributed by atoms with Gasteiger partial charge in [-0.15, -0.1) is 0 Å². The maximum atomic E-state index is 13.4. The Kier molecular flexibility index (Phi) is 3.59. The number of aromatic nitrogens is 1. The van der Waals surface area contributed by atoms with Crippen molar-refractivity contribution in [2.45, 2.75) is 19.6 Å². The Balaban J connectivity index is 1.72. The fraction of sp³-hybridized carbons (Fsp3) is 0. The lowest BCUT2D eigenvalue weighted by Gasteiger charge is -2.21. The number of hydrogen-bond acceptors (Lipinski definition) is 4. The van der Waals surface area contributed by atoms with Gasteiger partial charge in [-0.05, 0) is 42.5 Å². The van der Waals surface area contributed by atoms with Gasteiger partial charge in [-0.2, -0.15) is 0 Å². The number of benzene rings is 4. The lowest BCUT2D eigenvalue weighted by molar-refractivity contribution is 0.570. The molecule has 31 heavy (non-hydrogen) atoms. The Morgan fingerprint density at radius 3 is 1.52 bits per heavy atom. The molecular formula is C24H15NO4S2. The molecule has 5 nitrogen and oxygen atoms in total. The second kappa shape index (κ2) is 6.06. The predicted octanol–water partition coefficient (Wildman–Crippen LogP) is 4.76. The molecule has 2 heterocycles. The summed E-state index contributed by atoms with van der Waals surface area (Å²) in [5.74, 6) is 0. The molecule has 0 unspecified atom stereocenters. The van der Waals surface area contributed by atoms with Gasteiger partial charge in [0, 0.05) is 16.5 Å². The maximum absolute atomic E-state index is 13.4. The summed E-state index contributed by atoms with van der Waals surface area (Å²) in [7, 11) is -7.92. The molecule has 1 aliphatic heterocycles. The van der Waals surface area contributed by atoms with E-state index < -0.39 is 19.7 Å². The van der Waals surface area contributed by atoms with Crippen molar-refractivity contribution in [3.05, 3.63) is 91.0 Å². The first-order chi connectivity index (χ1) is 14.9. The van der Waals surface area contributed by atoms with Crippen molar-refractivity contribution in [3.63, 3.8) is 0 Å². The van der Waals surface area contributed by atoms with Crippen LogP contribution in [0.3, 0.4) is 0 Å². The van der Waals surface area contributed by atoms with Crippen LogP contribution in [0.2, 0.25) is 0 Å². The third-order valence-corrected chi connectivity index (χ3v) is 9.75. The molecule has 152 valence electrons. The van der Waals surface area contributed by atoms with E-state index in [1.165, 1.54) is 36.4 Å². The highest BCUT2D eigenvalue weighted by Gasteiger charge is 2.39. The fourth-order valence-electron chi connectivity index (χ4n) is 4.40. The Morgan fingerprint density at radius 1 is 0.484 bits per heavy atom. The lowest BCUT2D eigenvalue weighted by Crippen LogP contribution is -2.20. The fourth-order valence-corrected chi connectivity index (χ4v) is 8.55. The van der Waals surface area contributed by atoms with Gasteiger partial charge in [0.25, 0.3) is 0 Å². The summed E-state index contributed by atoms with van der Waals surface area (Å²) in [6.07, 6.45) is 0. The molecule has 1 aliphatic rings. The average molecular weight is 446 g/mol. The summed E-state index contributed by atoms with van der Waals surface area (Å²) in [6, 6.07) is 26.0. The summed E-state index contributed by atoms with van der Waals surface area (Å²) in [4.78, 5) is -0.727. The maximum Gasteiger partial charge on any atom is 0.209 e. The molecule has 5 aromatic rings. The Labute approximate surface area is 179 Å². The summed E-state index contributed by atoms with van der Waals surface area (Å²) in [6.45, 7) is 0. The molecule has 0 spiro atoms. The van der Waals surface area contributed by atoms with Crippen LogP contribution >= 0.6 is 0 Å². The number of sulfone groups is 2. The van der Waals surface area contributed by atoms with Crippen molar-refractivity contribution < 1.29 is 16.8 Å². The van der Waals surface area contributed by atoms with E-state index in [1.54, 1.807) is 6.07 Å². The van der Waals surface area contributed by atoms with Gasteiger partial charge < -0.3 is 4.57 Å². The zero-order valence-corrected chi connectivity index (χ0v) is 17.7. The van der Waals surface area contributed by atoms with Crippen molar-refractivity contribution >= 4 is 41.5 Å². The van der Waals surface area contributed by atoms with Gasteiger partial charge in [0.15, 0.2) is 0 Å². The third kappa shape index (κ3) is 2.35. The monoisotopic (exact) mass is 445 g/mol. The van der Waals surface area contributed by atoms with E-state index in [1.807, 2.05) is 53.1 Å². The van der Waals surface area contributed by atoms with E-state index in [9.17, 15) is 16.8 Å². The first-order valence-corrected chi connectivity index (χ1v) is 12.6. The number of rotatable bonds is 1. The lowest BCUT2D eigenvalue weighted by atomic mass is 10.2. The third-order valence-electron chi connectivity index (χ3n) is 5.77. The standard InChI is InChI=1S/C24H15NO4S2/c26-30(27)21-11-5-6-12-22(21)31(28,29)24-15-16(13-14-23(24)30)25-19-9-3-1-7-17(19)18-8-2-4-10-20(18)25/h1-15H. The normalized spacial score (nSPS) is 16.1. The first kappa shape index (κ1) is 18.4. The number of fused-ring (bicyclic) bond motifs is 5. The molecule has 0 saturated carbocycles. The second-order valence-corrected chi connectivity index (χ2v) is 11.2. The Bertz CT molecular complexity index is 1710. The molecular weight excluding hydrogens is 430 g/mol. The quantitative estimate of drug-likeness (QED) is 0.366.